The number of carbonyl (C=O) groups excluding carboxylic acids is 2. The molecule has 1 saturated carbocycles. The predicted octanol–water partition coefficient (Wildman–Crippen LogP) is 4.71. The minimum atomic E-state index is -1.17. The van der Waals surface area contributed by atoms with E-state index in [-0.39, 0.29) is 11.4 Å². The Morgan fingerprint density at radius 2 is 1.82 bits per heavy atom. The van der Waals surface area contributed by atoms with Crippen LogP contribution < -0.4 is 20.1 Å². The molecule has 1 aromatic heterocycles. The van der Waals surface area contributed by atoms with Crippen molar-refractivity contribution in [2.24, 2.45) is 0 Å². The van der Waals surface area contributed by atoms with Gasteiger partial charge in [-0.05, 0) is 65.5 Å². The molecule has 2 aromatic rings. The number of amides is 2. The minimum absolute atomic E-state index is 0.143. The number of benzene rings is 1. The number of carbonyl (C=O) groups is 2. The number of rotatable bonds is 6. The first-order valence-corrected chi connectivity index (χ1v) is 11.6. The van der Waals surface area contributed by atoms with Gasteiger partial charge in [-0.1, -0.05) is 13.0 Å². The summed E-state index contributed by atoms with van der Waals surface area (Å²) in [6.45, 7) is 9.46. The van der Waals surface area contributed by atoms with Crippen LogP contribution in [0.4, 0.5) is 10.5 Å². The van der Waals surface area contributed by atoms with E-state index in [0.717, 1.165) is 37.2 Å². The Bertz CT molecular complexity index is 1080. The van der Waals surface area contributed by atoms with Crippen LogP contribution in [-0.4, -0.2) is 39.7 Å². The van der Waals surface area contributed by atoms with Gasteiger partial charge in [0.2, 0.25) is 5.91 Å². The lowest BCUT2D eigenvalue weighted by Gasteiger charge is -2.30. The summed E-state index contributed by atoms with van der Waals surface area (Å²) in [6.07, 6.45) is 5.90. The van der Waals surface area contributed by atoms with Gasteiger partial charge in [-0.3, -0.25) is 4.79 Å². The van der Waals surface area contributed by atoms with Crippen molar-refractivity contribution in [1.29, 1.82) is 0 Å². The van der Waals surface area contributed by atoms with Gasteiger partial charge in [-0.15, -0.1) is 0 Å². The van der Waals surface area contributed by atoms with E-state index in [0.29, 0.717) is 17.9 Å². The third kappa shape index (κ3) is 5.08. The topological polar surface area (TPSA) is 112 Å². The van der Waals surface area contributed by atoms with Crippen LogP contribution >= 0.6 is 0 Å². The number of nitrogens with zero attached hydrogens (tertiary/aromatic N) is 2. The molecule has 1 fully saturated rings. The highest BCUT2D eigenvalue weighted by molar-refractivity contribution is 5.99. The lowest BCUT2D eigenvalue weighted by molar-refractivity contribution is -0.122. The normalized spacial score (nSPS) is 17.6. The van der Waals surface area contributed by atoms with E-state index < -0.39 is 23.1 Å². The van der Waals surface area contributed by atoms with Gasteiger partial charge >= 0.3 is 12.1 Å². The Labute approximate surface area is 199 Å². The fraction of sp³-hybridized carbons (Fsp3) is 0.520. The molecule has 182 valence electrons. The van der Waals surface area contributed by atoms with Gasteiger partial charge in [0.1, 0.15) is 22.6 Å². The molecule has 0 saturated heterocycles. The lowest BCUT2D eigenvalue weighted by Crippen LogP contribution is -2.55. The summed E-state index contributed by atoms with van der Waals surface area (Å²) in [4.78, 5) is 33.6. The molecule has 2 heterocycles. The molecular formula is C25H32N4O5. The SMILES string of the molecule is CCC(C)(NC(=O)OC(C)(C)C)C(=O)Nc1cnc(Oc2cccc3c2C2(CCO3)CC2)nc1. The zero-order valence-corrected chi connectivity index (χ0v) is 20.4. The van der Waals surface area contributed by atoms with E-state index in [9.17, 15) is 9.59 Å². The number of fused-ring (bicyclic) bond motifs is 2. The summed E-state index contributed by atoms with van der Waals surface area (Å²) < 4.78 is 17.1. The first-order chi connectivity index (χ1) is 16.0. The second-order valence-electron chi connectivity index (χ2n) is 10.1. The van der Waals surface area contributed by atoms with E-state index in [2.05, 4.69) is 20.6 Å². The van der Waals surface area contributed by atoms with Crippen molar-refractivity contribution >= 4 is 17.7 Å². The molecule has 2 aliphatic rings. The van der Waals surface area contributed by atoms with Gasteiger partial charge in [-0.2, -0.15) is 0 Å². The van der Waals surface area contributed by atoms with Gasteiger partial charge in [0, 0.05) is 11.0 Å². The van der Waals surface area contributed by atoms with E-state index in [1.165, 1.54) is 12.4 Å². The smallest absolute Gasteiger partial charge is 0.408 e. The number of ether oxygens (including phenoxy) is 3. The standard InChI is InChI=1S/C25H32N4O5/c1-6-24(5,29-22(31)34-23(2,3)4)20(30)28-16-14-26-21(27-15-16)33-18-9-7-8-17-19(18)25(10-11-25)12-13-32-17/h7-9,14-15H,6,10-13H2,1-5H3,(H,28,30)(H,29,31). The summed E-state index contributed by atoms with van der Waals surface area (Å²) >= 11 is 0. The van der Waals surface area contributed by atoms with Crippen LogP contribution in [0.3, 0.4) is 0 Å². The average molecular weight is 469 g/mol. The summed E-state index contributed by atoms with van der Waals surface area (Å²) in [5.74, 6) is 1.16. The molecule has 1 atom stereocenters. The highest BCUT2D eigenvalue weighted by atomic mass is 16.6. The predicted molar refractivity (Wildman–Crippen MR) is 126 cm³/mol. The molecule has 2 N–H and O–H groups in total. The van der Waals surface area contributed by atoms with Crippen molar-refractivity contribution in [2.75, 3.05) is 11.9 Å². The zero-order chi connectivity index (χ0) is 24.6. The molecule has 34 heavy (non-hydrogen) atoms. The second-order valence-corrected chi connectivity index (χ2v) is 10.1. The van der Waals surface area contributed by atoms with Crippen molar-refractivity contribution in [3.05, 3.63) is 36.2 Å². The van der Waals surface area contributed by atoms with Crippen LogP contribution in [0.25, 0.3) is 0 Å². The third-order valence-electron chi connectivity index (χ3n) is 6.28. The second kappa shape index (κ2) is 8.77. The maximum absolute atomic E-state index is 12.9. The Morgan fingerprint density at radius 1 is 1.12 bits per heavy atom. The third-order valence-corrected chi connectivity index (χ3v) is 6.28. The Balaban J connectivity index is 1.43. The minimum Gasteiger partial charge on any atom is -0.493 e. The molecule has 9 heteroatoms. The maximum Gasteiger partial charge on any atom is 0.408 e. The molecule has 1 unspecified atom stereocenters. The monoisotopic (exact) mass is 468 g/mol. The van der Waals surface area contributed by atoms with E-state index in [1.54, 1.807) is 34.6 Å². The molecule has 1 aliphatic heterocycles. The molecule has 4 rings (SSSR count). The molecule has 1 spiro atoms. The van der Waals surface area contributed by atoms with Crippen LogP contribution in [0, 0.1) is 0 Å². The van der Waals surface area contributed by atoms with Crippen LogP contribution in [0.1, 0.15) is 65.9 Å². The number of alkyl carbamates (subject to hydrolysis) is 1. The van der Waals surface area contributed by atoms with Crippen molar-refractivity contribution in [1.82, 2.24) is 15.3 Å². The lowest BCUT2D eigenvalue weighted by atomic mass is 9.89. The number of anilines is 1. The quantitative estimate of drug-likeness (QED) is 0.631. The Kier molecular flexibility index (Phi) is 6.14. The van der Waals surface area contributed by atoms with Crippen LogP contribution in [0.2, 0.25) is 0 Å². The van der Waals surface area contributed by atoms with Crippen LogP contribution in [0.15, 0.2) is 30.6 Å². The highest BCUT2D eigenvalue weighted by Crippen LogP contribution is 2.59. The summed E-state index contributed by atoms with van der Waals surface area (Å²) in [5, 5.41) is 5.41. The van der Waals surface area contributed by atoms with E-state index in [1.807, 2.05) is 18.2 Å². The highest BCUT2D eigenvalue weighted by Gasteiger charge is 2.49. The molecule has 1 aliphatic carbocycles. The number of nitrogens with one attached hydrogen (secondary N) is 2. The van der Waals surface area contributed by atoms with Crippen molar-refractivity contribution in [2.45, 2.75) is 76.9 Å². The number of hydrogen-bond donors (Lipinski definition) is 2. The molecule has 0 radical (unpaired) electrons. The molecule has 1 aromatic carbocycles. The van der Waals surface area contributed by atoms with Crippen LogP contribution in [0.5, 0.6) is 17.5 Å². The van der Waals surface area contributed by atoms with Crippen LogP contribution in [-0.2, 0) is 14.9 Å². The summed E-state index contributed by atoms with van der Waals surface area (Å²) in [7, 11) is 0. The van der Waals surface area contributed by atoms with Gasteiger partial charge in [0.15, 0.2) is 0 Å². The Morgan fingerprint density at radius 3 is 2.44 bits per heavy atom. The molecular weight excluding hydrogens is 436 g/mol. The van der Waals surface area contributed by atoms with Gasteiger partial charge in [0.05, 0.1) is 24.7 Å². The fourth-order valence-corrected chi connectivity index (χ4v) is 4.01. The first kappa shape index (κ1) is 23.8. The summed E-state index contributed by atoms with van der Waals surface area (Å²) in [5.41, 5.74) is -0.209. The average Bonchev–Trinajstić information content (AvgIpc) is 3.53. The van der Waals surface area contributed by atoms with Crippen molar-refractivity contribution in [3.63, 3.8) is 0 Å². The largest absolute Gasteiger partial charge is 0.493 e. The van der Waals surface area contributed by atoms with Gasteiger partial charge in [-0.25, -0.2) is 14.8 Å². The molecule has 0 bridgehead atoms. The van der Waals surface area contributed by atoms with Gasteiger partial charge < -0.3 is 24.8 Å². The summed E-state index contributed by atoms with van der Waals surface area (Å²) in [6, 6.07) is 5.95. The van der Waals surface area contributed by atoms with Crippen molar-refractivity contribution < 1.29 is 23.8 Å². The van der Waals surface area contributed by atoms with Gasteiger partial charge in [0.25, 0.3) is 0 Å². The first-order valence-electron chi connectivity index (χ1n) is 11.6. The fourth-order valence-electron chi connectivity index (χ4n) is 4.01. The molecule has 9 nitrogen and oxygen atoms in total. The number of aromatic nitrogens is 2. The van der Waals surface area contributed by atoms with E-state index in [4.69, 9.17) is 14.2 Å². The van der Waals surface area contributed by atoms with E-state index >= 15 is 0 Å². The zero-order valence-electron chi connectivity index (χ0n) is 20.4. The number of hydrogen-bond acceptors (Lipinski definition) is 7. The Hall–Kier alpha value is -3.36. The maximum atomic E-state index is 12.9. The molecule has 2 amide bonds. The van der Waals surface area contributed by atoms with Crippen molar-refractivity contribution in [3.8, 4) is 17.5 Å².